The van der Waals surface area contributed by atoms with E-state index < -0.39 is 0 Å². The molecule has 2 aromatic rings. The maximum atomic E-state index is 9.67. The fraction of sp³-hybridized carbons (Fsp3) is 0.538. The number of likely N-dealkylation sites (tertiary alicyclic amines) is 1. The third-order valence-electron chi connectivity index (χ3n) is 7.11. The van der Waals surface area contributed by atoms with Gasteiger partial charge in [0.2, 0.25) is 0 Å². The Bertz CT molecular complexity index is 789. The molecule has 31 heavy (non-hydrogen) atoms. The van der Waals surface area contributed by atoms with Gasteiger partial charge in [-0.2, -0.15) is 0 Å². The molecule has 0 unspecified atom stereocenters. The van der Waals surface area contributed by atoms with Crippen LogP contribution in [0.3, 0.4) is 0 Å². The largest absolute Gasteiger partial charge is 0.396 e. The zero-order chi connectivity index (χ0) is 21.6. The molecule has 2 aromatic carbocycles. The Kier molecular flexibility index (Phi) is 7.62. The Morgan fingerprint density at radius 3 is 2.26 bits per heavy atom. The molecule has 2 aliphatic rings. The SMILES string of the molecule is CN1CCC(N2CCN(Cc3ccc(N(C)c4ccccc4)cc3)C[C@H]2CCO)CC1. The summed E-state index contributed by atoms with van der Waals surface area (Å²) in [7, 11) is 4.34. The van der Waals surface area contributed by atoms with E-state index in [0.29, 0.717) is 12.1 Å². The fourth-order valence-electron chi connectivity index (χ4n) is 5.17. The van der Waals surface area contributed by atoms with Crippen LogP contribution in [0.5, 0.6) is 0 Å². The molecule has 1 N–H and O–H groups in total. The van der Waals surface area contributed by atoms with Crippen molar-refractivity contribution >= 4 is 11.4 Å². The number of para-hydroxylation sites is 1. The minimum atomic E-state index is 0.280. The van der Waals surface area contributed by atoms with E-state index in [2.05, 4.69) is 88.3 Å². The molecule has 5 nitrogen and oxygen atoms in total. The molecule has 168 valence electrons. The van der Waals surface area contributed by atoms with Gasteiger partial charge < -0.3 is 14.9 Å². The maximum absolute atomic E-state index is 9.67. The predicted octanol–water partition coefficient (Wildman–Crippen LogP) is 3.42. The van der Waals surface area contributed by atoms with Gasteiger partial charge in [-0.1, -0.05) is 30.3 Å². The van der Waals surface area contributed by atoms with Crippen molar-refractivity contribution < 1.29 is 5.11 Å². The Morgan fingerprint density at radius 2 is 1.58 bits per heavy atom. The second-order valence-electron chi connectivity index (χ2n) is 9.23. The quantitative estimate of drug-likeness (QED) is 0.739. The summed E-state index contributed by atoms with van der Waals surface area (Å²) in [6, 6.07) is 20.6. The van der Waals surface area contributed by atoms with E-state index in [4.69, 9.17) is 0 Å². The van der Waals surface area contributed by atoms with Crippen LogP contribution in [0, 0.1) is 0 Å². The van der Waals surface area contributed by atoms with Gasteiger partial charge in [0, 0.05) is 63.3 Å². The third kappa shape index (κ3) is 5.66. The zero-order valence-corrected chi connectivity index (χ0v) is 19.2. The Morgan fingerprint density at radius 1 is 0.903 bits per heavy atom. The van der Waals surface area contributed by atoms with Crippen LogP contribution >= 0.6 is 0 Å². The summed E-state index contributed by atoms with van der Waals surface area (Å²) < 4.78 is 0. The number of hydrogen-bond donors (Lipinski definition) is 1. The highest BCUT2D eigenvalue weighted by atomic mass is 16.3. The molecule has 0 spiro atoms. The van der Waals surface area contributed by atoms with Crippen molar-refractivity contribution in [3.63, 3.8) is 0 Å². The standard InChI is InChI=1S/C26H38N4O/c1-27-15-12-25(13-16-27)30-18-17-29(21-26(30)14-19-31)20-22-8-10-24(11-9-22)28(2)23-6-4-3-5-7-23/h3-11,25-26,31H,12-21H2,1-2H3/t26-/m1/s1. The van der Waals surface area contributed by atoms with Gasteiger partial charge in [-0.05, 0) is 69.2 Å². The van der Waals surface area contributed by atoms with Crippen molar-refractivity contribution in [1.82, 2.24) is 14.7 Å². The first kappa shape index (κ1) is 22.3. The van der Waals surface area contributed by atoms with Gasteiger partial charge in [0.25, 0.3) is 0 Å². The summed E-state index contributed by atoms with van der Waals surface area (Å²) in [4.78, 5) is 9.94. The van der Waals surface area contributed by atoms with Crippen molar-refractivity contribution in [3.8, 4) is 0 Å². The molecule has 0 aromatic heterocycles. The normalized spacial score (nSPS) is 22.0. The van der Waals surface area contributed by atoms with Crippen molar-refractivity contribution in [1.29, 1.82) is 0 Å². The summed E-state index contributed by atoms with van der Waals surface area (Å²) in [5.74, 6) is 0. The van der Waals surface area contributed by atoms with Gasteiger partial charge in [-0.3, -0.25) is 9.80 Å². The monoisotopic (exact) mass is 422 g/mol. The number of nitrogens with zero attached hydrogens (tertiary/aromatic N) is 4. The summed E-state index contributed by atoms with van der Waals surface area (Å²) in [5.41, 5.74) is 3.77. The topological polar surface area (TPSA) is 33.2 Å². The number of piperidine rings is 1. The predicted molar refractivity (Wildman–Crippen MR) is 129 cm³/mol. The molecular formula is C26H38N4O. The van der Waals surface area contributed by atoms with Gasteiger partial charge in [0.1, 0.15) is 0 Å². The maximum Gasteiger partial charge on any atom is 0.0446 e. The van der Waals surface area contributed by atoms with Crippen LogP contribution in [0.15, 0.2) is 54.6 Å². The van der Waals surface area contributed by atoms with Gasteiger partial charge >= 0.3 is 0 Å². The van der Waals surface area contributed by atoms with Gasteiger partial charge in [-0.25, -0.2) is 0 Å². The molecule has 0 amide bonds. The Labute approximate surface area is 187 Å². The minimum Gasteiger partial charge on any atom is -0.396 e. The van der Waals surface area contributed by atoms with Crippen LogP contribution < -0.4 is 4.90 Å². The van der Waals surface area contributed by atoms with Crippen LogP contribution in [0.4, 0.5) is 11.4 Å². The smallest absolute Gasteiger partial charge is 0.0446 e. The first-order chi connectivity index (χ1) is 15.1. The summed E-state index contributed by atoms with van der Waals surface area (Å²) in [6.07, 6.45) is 3.40. The van der Waals surface area contributed by atoms with Crippen LogP contribution in [-0.2, 0) is 6.54 Å². The van der Waals surface area contributed by atoms with E-state index in [-0.39, 0.29) is 6.61 Å². The fourth-order valence-corrected chi connectivity index (χ4v) is 5.17. The van der Waals surface area contributed by atoms with E-state index in [1.807, 2.05) is 0 Å². The number of hydrogen-bond acceptors (Lipinski definition) is 5. The van der Waals surface area contributed by atoms with Crippen LogP contribution in [0.25, 0.3) is 0 Å². The van der Waals surface area contributed by atoms with E-state index >= 15 is 0 Å². The highest BCUT2D eigenvalue weighted by molar-refractivity contribution is 5.62. The average molecular weight is 423 g/mol. The number of aliphatic hydroxyl groups is 1. The van der Waals surface area contributed by atoms with Crippen molar-refractivity contribution in [3.05, 3.63) is 60.2 Å². The van der Waals surface area contributed by atoms with Crippen molar-refractivity contribution in [2.75, 3.05) is 58.3 Å². The lowest BCUT2D eigenvalue weighted by molar-refractivity contribution is 0.00600. The highest BCUT2D eigenvalue weighted by Gasteiger charge is 2.32. The van der Waals surface area contributed by atoms with Gasteiger partial charge in [-0.15, -0.1) is 0 Å². The van der Waals surface area contributed by atoms with E-state index in [1.165, 1.54) is 42.9 Å². The first-order valence-corrected chi connectivity index (χ1v) is 11.8. The summed E-state index contributed by atoms with van der Waals surface area (Å²) in [6.45, 7) is 6.94. The molecule has 2 saturated heterocycles. The number of piperazine rings is 1. The molecule has 2 heterocycles. The minimum absolute atomic E-state index is 0.280. The lowest BCUT2D eigenvalue weighted by Gasteiger charge is -2.47. The van der Waals surface area contributed by atoms with Crippen molar-refractivity contribution in [2.24, 2.45) is 0 Å². The van der Waals surface area contributed by atoms with Crippen LogP contribution in [-0.4, -0.2) is 85.3 Å². The van der Waals surface area contributed by atoms with E-state index in [1.54, 1.807) is 0 Å². The molecular weight excluding hydrogens is 384 g/mol. The summed E-state index contributed by atoms with van der Waals surface area (Å²) in [5, 5.41) is 9.67. The lowest BCUT2D eigenvalue weighted by Crippen LogP contribution is -2.58. The second kappa shape index (κ2) is 10.6. The van der Waals surface area contributed by atoms with E-state index in [9.17, 15) is 5.11 Å². The molecule has 4 rings (SSSR count). The second-order valence-corrected chi connectivity index (χ2v) is 9.23. The molecule has 0 aliphatic carbocycles. The lowest BCUT2D eigenvalue weighted by atomic mass is 9.98. The van der Waals surface area contributed by atoms with Gasteiger partial charge in [0.05, 0.1) is 0 Å². The Balaban J connectivity index is 1.35. The highest BCUT2D eigenvalue weighted by Crippen LogP contribution is 2.26. The molecule has 1 atom stereocenters. The third-order valence-corrected chi connectivity index (χ3v) is 7.11. The molecule has 0 radical (unpaired) electrons. The van der Waals surface area contributed by atoms with Crippen molar-refractivity contribution in [2.45, 2.75) is 37.9 Å². The Hall–Kier alpha value is -1.92. The molecule has 0 bridgehead atoms. The summed E-state index contributed by atoms with van der Waals surface area (Å²) >= 11 is 0. The van der Waals surface area contributed by atoms with Gasteiger partial charge in [0.15, 0.2) is 0 Å². The first-order valence-electron chi connectivity index (χ1n) is 11.8. The number of anilines is 2. The van der Waals surface area contributed by atoms with Crippen LogP contribution in [0.1, 0.15) is 24.8 Å². The molecule has 0 saturated carbocycles. The molecule has 5 heteroatoms. The number of aliphatic hydroxyl groups excluding tert-OH is 1. The zero-order valence-electron chi connectivity index (χ0n) is 19.2. The molecule has 2 fully saturated rings. The average Bonchev–Trinajstić information content (AvgIpc) is 2.81. The number of benzene rings is 2. The number of rotatable bonds is 7. The van der Waals surface area contributed by atoms with E-state index in [0.717, 1.165) is 32.6 Å². The molecule has 2 aliphatic heterocycles. The van der Waals surface area contributed by atoms with Crippen LogP contribution in [0.2, 0.25) is 0 Å².